The Morgan fingerprint density at radius 2 is 1.96 bits per heavy atom. The summed E-state index contributed by atoms with van der Waals surface area (Å²) in [6, 6.07) is 7.87. The minimum Gasteiger partial charge on any atom is -0.388 e. The van der Waals surface area contributed by atoms with Gasteiger partial charge in [0.05, 0.1) is 11.8 Å². The van der Waals surface area contributed by atoms with Crippen LogP contribution in [0.4, 0.5) is 0 Å². The summed E-state index contributed by atoms with van der Waals surface area (Å²) in [6.45, 7) is 0.0336. The van der Waals surface area contributed by atoms with Crippen LogP contribution in [0.2, 0.25) is 5.02 Å². The lowest BCUT2D eigenvalue weighted by Gasteiger charge is -2.08. The fraction of sp³-hybridized carbons (Fsp3) is 0.278. The van der Waals surface area contributed by atoms with E-state index in [1.807, 2.05) is 0 Å². The van der Waals surface area contributed by atoms with Gasteiger partial charge in [-0.25, -0.2) is 4.79 Å². The van der Waals surface area contributed by atoms with Crippen LogP contribution in [0, 0.1) is 0 Å². The van der Waals surface area contributed by atoms with Crippen molar-refractivity contribution >= 4 is 17.4 Å². The molecule has 1 aromatic carbocycles. The van der Waals surface area contributed by atoms with Gasteiger partial charge in [-0.1, -0.05) is 28.9 Å². The standard InChI is InChI=1S/C18H15ClN4O5/c19-11-3-1-10(2-4-11)14(25)8-15-20-16(28-21-15)9-23-17(26)7-12-13(24)5-6-22(12)18(23)27/h1-4,7,14,25H,5-6,8-9H2/t14-/m0/s1. The number of nitrogens with zero attached hydrogens (tertiary/aromatic N) is 4. The summed E-state index contributed by atoms with van der Waals surface area (Å²) in [5, 5.41) is 14.6. The van der Waals surface area contributed by atoms with E-state index >= 15 is 0 Å². The molecule has 1 aliphatic rings. The fourth-order valence-corrected chi connectivity index (χ4v) is 3.22. The number of Topliss-reactive ketones (excluding diaryl/α,β-unsaturated/α-hetero) is 1. The van der Waals surface area contributed by atoms with Gasteiger partial charge >= 0.3 is 5.69 Å². The van der Waals surface area contributed by atoms with E-state index in [1.165, 1.54) is 4.57 Å². The zero-order valence-corrected chi connectivity index (χ0v) is 15.3. The Morgan fingerprint density at radius 3 is 2.71 bits per heavy atom. The number of aliphatic hydroxyl groups excluding tert-OH is 1. The number of carbonyl (C=O) groups is 1. The first-order chi connectivity index (χ1) is 13.4. The number of aliphatic hydroxyl groups is 1. The molecule has 1 atom stereocenters. The number of hydrogen-bond acceptors (Lipinski definition) is 7. The zero-order chi connectivity index (χ0) is 19.8. The first-order valence-electron chi connectivity index (χ1n) is 8.55. The average Bonchev–Trinajstić information content (AvgIpc) is 3.26. The van der Waals surface area contributed by atoms with Gasteiger partial charge in [-0.15, -0.1) is 0 Å². The van der Waals surface area contributed by atoms with Crippen molar-refractivity contribution in [3.05, 3.63) is 79.2 Å². The quantitative estimate of drug-likeness (QED) is 0.674. The maximum atomic E-state index is 12.5. The molecule has 3 heterocycles. The van der Waals surface area contributed by atoms with Gasteiger partial charge in [-0.05, 0) is 17.7 Å². The minimum absolute atomic E-state index is 0.0578. The minimum atomic E-state index is -0.859. The molecule has 4 rings (SSSR count). The van der Waals surface area contributed by atoms with Gasteiger partial charge < -0.3 is 9.63 Å². The number of carbonyl (C=O) groups excluding carboxylic acids is 1. The van der Waals surface area contributed by atoms with Gasteiger partial charge in [0.25, 0.3) is 5.56 Å². The molecule has 0 bridgehead atoms. The summed E-state index contributed by atoms with van der Waals surface area (Å²) in [7, 11) is 0. The van der Waals surface area contributed by atoms with E-state index in [1.54, 1.807) is 24.3 Å². The van der Waals surface area contributed by atoms with Crippen LogP contribution >= 0.6 is 11.6 Å². The average molecular weight is 403 g/mol. The predicted octanol–water partition coefficient (Wildman–Crippen LogP) is 0.957. The number of benzene rings is 1. The number of aromatic nitrogens is 4. The molecule has 144 valence electrons. The molecule has 0 fully saturated rings. The first-order valence-corrected chi connectivity index (χ1v) is 8.93. The molecule has 1 aliphatic heterocycles. The summed E-state index contributed by atoms with van der Waals surface area (Å²) >= 11 is 5.83. The van der Waals surface area contributed by atoms with E-state index in [0.717, 1.165) is 10.6 Å². The highest BCUT2D eigenvalue weighted by Crippen LogP contribution is 2.19. The van der Waals surface area contributed by atoms with E-state index in [9.17, 15) is 19.5 Å². The molecule has 3 aromatic rings. The number of fused-ring (bicyclic) bond motifs is 1. The summed E-state index contributed by atoms with van der Waals surface area (Å²) < 4.78 is 7.32. The molecule has 0 saturated carbocycles. The summed E-state index contributed by atoms with van der Waals surface area (Å²) in [6.07, 6.45) is -0.564. The molecule has 1 N–H and O–H groups in total. The van der Waals surface area contributed by atoms with Gasteiger partial charge in [0.15, 0.2) is 11.6 Å². The van der Waals surface area contributed by atoms with Crippen LogP contribution in [0.3, 0.4) is 0 Å². The van der Waals surface area contributed by atoms with Crippen LogP contribution in [0.25, 0.3) is 0 Å². The lowest BCUT2D eigenvalue weighted by molar-refractivity contribution is 0.0994. The van der Waals surface area contributed by atoms with Crippen LogP contribution in [-0.4, -0.2) is 30.2 Å². The predicted molar refractivity (Wildman–Crippen MR) is 97.4 cm³/mol. The Kier molecular flexibility index (Phi) is 4.70. The van der Waals surface area contributed by atoms with Crippen LogP contribution in [-0.2, 0) is 19.5 Å². The molecule has 10 heteroatoms. The molecule has 0 spiro atoms. The topological polar surface area (TPSA) is 120 Å². The maximum absolute atomic E-state index is 12.5. The highest BCUT2D eigenvalue weighted by atomic mass is 35.5. The molecule has 0 radical (unpaired) electrons. The Bertz CT molecular complexity index is 1160. The number of ketones is 1. The van der Waals surface area contributed by atoms with Crippen molar-refractivity contribution in [1.82, 2.24) is 19.3 Å². The van der Waals surface area contributed by atoms with Crippen molar-refractivity contribution in [3.63, 3.8) is 0 Å². The molecule has 28 heavy (non-hydrogen) atoms. The van der Waals surface area contributed by atoms with Crippen LogP contribution in [0.5, 0.6) is 0 Å². The normalized spacial score (nSPS) is 14.3. The van der Waals surface area contributed by atoms with Gasteiger partial charge in [0, 0.05) is 30.5 Å². The smallest absolute Gasteiger partial charge is 0.332 e. The van der Waals surface area contributed by atoms with E-state index in [2.05, 4.69) is 10.1 Å². The molecule has 0 saturated heterocycles. The molecule has 9 nitrogen and oxygen atoms in total. The van der Waals surface area contributed by atoms with E-state index in [0.29, 0.717) is 10.6 Å². The second-order valence-corrected chi connectivity index (χ2v) is 6.87. The molecule has 0 aliphatic carbocycles. The third-order valence-corrected chi connectivity index (χ3v) is 4.81. The number of halogens is 1. The monoisotopic (exact) mass is 402 g/mol. The van der Waals surface area contributed by atoms with E-state index in [-0.39, 0.29) is 49.1 Å². The summed E-state index contributed by atoms with van der Waals surface area (Å²) in [5.41, 5.74) is -0.418. The number of rotatable bonds is 5. The highest BCUT2D eigenvalue weighted by Gasteiger charge is 2.24. The highest BCUT2D eigenvalue weighted by molar-refractivity contribution is 6.30. The van der Waals surface area contributed by atoms with Crippen molar-refractivity contribution < 1.29 is 14.4 Å². The SMILES string of the molecule is O=C1CCn2c1cc(=O)n(Cc1nc(C[C@H](O)c3ccc(Cl)cc3)no1)c2=O. The molecular formula is C18H15ClN4O5. The lowest BCUT2D eigenvalue weighted by Crippen LogP contribution is -2.40. The van der Waals surface area contributed by atoms with Crippen molar-refractivity contribution in [2.75, 3.05) is 0 Å². The van der Waals surface area contributed by atoms with Crippen molar-refractivity contribution in [1.29, 1.82) is 0 Å². The zero-order valence-electron chi connectivity index (χ0n) is 14.5. The fourth-order valence-electron chi connectivity index (χ4n) is 3.10. The maximum Gasteiger partial charge on any atom is 0.332 e. The van der Waals surface area contributed by atoms with Crippen molar-refractivity contribution in [2.45, 2.75) is 32.0 Å². The molecule has 2 aromatic heterocycles. The van der Waals surface area contributed by atoms with Crippen LogP contribution in [0.15, 0.2) is 44.4 Å². The summed E-state index contributed by atoms with van der Waals surface area (Å²) in [5.74, 6) is 0.0712. The molecule has 0 unspecified atom stereocenters. The van der Waals surface area contributed by atoms with E-state index in [4.69, 9.17) is 16.1 Å². The number of hydrogen-bond donors (Lipinski definition) is 1. The first kappa shape index (κ1) is 18.3. The Balaban J connectivity index is 1.53. The Labute approximate surface area is 162 Å². The third kappa shape index (κ3) is 3.41. The Morgan fingerprint density at radius 1 is 1.21 bits per heavy atom. The third-order valence-electron chi connectivity index (χ3n) is 4.56. The summed E-state index contributed by atoms with van der Waals surface area (Å²) in [4.78, 5) is 40.5. The second kappa shape index (κ2) is 7.17. The van der Waals surface area contributed by atoms with Gasteiger partial charge in [-0.3, -0.25) is 18.7 Å². The van der Waals surface area contributed by atoms with Crippen molar-refractivity contribution in [2.24, 2.45) is 0 Å². The Hall–Kier alpha value is -3.04. The molecular weight excluding hydrogens is 388 g/mol. The van der Waals surface area contributed by atoms with Crippen molar-refractivity contribution in [3.8, 4) is 0 Å². The largest absolute Gasteiger partial charge is 0.388 e. The van der Waals surface area contributed by atoms with Gasteiger partial charge in [0.1, 0.15) is 6.54 Å². The van der Waals surface area contributed by atoms with Gasteiger partial charge in [0.2, 0.25) is 5.89 Å². The lowest BCUT2D eigenvalue weighted by atomic mass is 10.1. The second-order valence-electron chi connectivity index (χ2n) is 6.44. The van der Waals surface area contributed by atoms with Crippen LogP contribution in [0.1, 0.15) is 40.3 Å². The molecule has 0 amide bonds. The van der Waals surface area contributed by atoms with Crippen LogP contribution < -0.4 is 11.2 Å². The van der Waals surface area contributed by atoms with E-state index < -0.39 is 17.4 Å². The van der Waals surface area contributed by atoms with Gasteiger partial charge in [-0.2, -0.15) is 4.98 Å².